The van der Waals surface area contributed by atoms with Gasteiger partial charge in [-0.2, -0.15) is 0 Å². The van der Waals surface area contributed by atoms with Gasteiger partial charge in [-0.15, -0.1) is 0 Å². The van der Waals surface area contributed by atoms with Crippen molar-refractivity contribution < 1.29 is 13.2 Å². The SMILES string of the molecule is CCNc1cccnc1S(=O)(=O)NCCCCOC(C)C. The molecule has 6 nitrogen and oxygen atoms in total. The van der Waals surface area contributed by atoms with Crippen LogP contribution in [-0.4, -0.2) is 39.2 Å². The molecule has 1 aromatic rings. The number of pyridine rings is 1. The van der Waals surface area contributed by atoms with E-state index in [2.05, 4.69) is 15.0 Å². The molecule has 0 aliphatic rings. The fourth-order valence-electron chi connectivity index (χ4n) is 1.75. The van der Waals surface area contributed by atoms with Gasteiger partial charge in [-0.05, 0) is 45.7 Å². The maximum absolute atomic E-state index is 12.2. The summed E-state index contributed by atoms with van der Waals surface area (Å²) < 4.78 is 32.4. The first-order valence-corrected chi connectivity index (χ1v) is 8.76. The van der Waals surface area contributed by atoms with Crippen LogP contribution in [-0.2, 0) is 14.8 Å². The van der Waals surface area contributed by atoms with Crippen LogP contribution < -0.4 is 10.0 Å². The molecule has 0 saturated carbocycles. The lowest BCUT2D eigenvalue weighted by Crippen LogP contribution is -2.27. The average Bonchev–Trinajstić information content (AvgIpc) is 2.43. The Morgan fingerprint density at radius 1 is 1.33 bits per heavy atom. The molecular formula is C14H25N3O3S. The van der Waals surface area contributed by atoms with E-state index >= 15 is 0 Å². The highest BCUT2D eigenvalue weighted by Crippen LogP contribution is 2.17. The summed E-state index contributed by atoms with van der Waals surface area (Å²) >= 11 is 0. The van der Waals surface area contributed by atoms with Gasteiger partial charge in [0, 0.05) is 25.9 Å². The Labute approximate surface area is 127 Å². The minimum Gasteiger partial charge on any atom is -0.383 e. The molecule has 0 aliphatic carbocycles. The first-order valence-electron chi connectivity index (χ1n) is 7.27. The van der Waals surface area contributed by atoms with Gasteiger partial charge in [0.2, 0.25) is 0 Å². The molecule has 0 saturated heterocycles. The van der Waals surface area contributed by atoms with Crippen molar-refractivity contribution in [2.75, 3.05) is 25.0 Å². The highest BCUT2D eigenvalue weighted by atomic mass is 32.2. The number of anilines is 1. The number of rotatable bonds is 10. The lowest BCUT2D eigenvalue weighted by molar-refractivity contribution is 0.0762. The van der Waals surface area contributed by atoms with E-state index in [1.807, 2.05) is 20.8 Å². The fourth-order valence-corrected chi connectivity index (χ4v) is 2.93. The number of aromatic nitrogens is 1. The van der Waals surface area contributed by atoms with Gasteiger partial charge in [-0.1, -0.05) is 0 Å². The molecule has 0 unspecified atom stereocenters. The number of nitrogens with zero attached hydrogens (tertiary/aromatic N) is 1. The Bertz CT molecular complexity index is 518. The second kappa shape index (κ2) is 8.96. The Balaban J connectivity index is 2.50. The summed E-state index contributed by atoms with van der Waals surface area (Å²) in [5.74, 6) is 0. The summed E-state index contributed by atoms with van der Waals surface area (Å²) in [6.07, 6.45) is 3.24. The zero-order valence-electron chi connectivity index (χ0n) is 12.9. The third-order valence-electron chi connectivity index (χ3n) is 2.71. The van der Waals surface area contributed by atoms with E-state index in [1.165, 1.54) is 6.20 Å². The maximum Gasteiger partial charge on any atom is 0.260 e. The van der Waals surface area contributed by atoms with Crippen molar-refractivity contribution in [1.29, 1.82) is 0 Å². The summed E-state index contributed by atoms with van der Waals surface area (Å²) in [6.45, 7) is 7.53. The highest BCUT2D eigenvalue weighted by Gasteiger charge is 2.19. The number of nitrogens with one attached hydrogen (secondary N) is 2. The molecule has 1 heterocycles. The summed E-state index contributed by atoms with van der Waals surface area (Å²) in [5.41, 5.74) is 0.524. The van der Waals surface area contributed by atoms with E-state index in [1.54, 1.807) is 12.1 Å². The van der Waals surface area contributed by atoms with E-state index in [-0.39, 0.29) is 11.1 Å². The molecule has 120 valence electrons. The standard InChI is InChI=1S/C14H25N3O3S/c1-4-15-13-8-7-9-16-14(13)21(18,19)17-10-5-6-11-20-12(2)3/h7-9,12,15,17H,4-6,10-11H2,1-3H3. The highest BCUT2D eigenvalue weighted by molar-refractivity contribution is 7.89. The topological polar surface area (TPSA) is 80.3 Å². The van der Waals surface area contributed by atoms with Crippen LogP contribution in [0.15, 0.2) is 23.4 Å². The molecule has 0 atom stereocenters. The molecule has 0 spiro atoms. The number of sulfonamides is 1. The smallest absolute Gasteiger partial charge is 0.260 e. The van der Waals surface area contributed by atoms with Crippen LogP contribution in [0.5, 0.6) is 0 Å². The van der Waals surface area contributed by atoms with Crippen LogP contribution in [0.2, 0.25) is 0 Å². The molecule has 21 heavy (non-hydrogen) atoms. The van der Waals surface area contributed by atoms with Crippen LogP contribution in [0.3, 0.4) is 0 Å². The van der Waals surface area contributed by atoms with E-state index < -0.39 is 10.0 Å². The predicted octanol–water partition coefficient (Wildman–Crippen LogP) is 2.00. The first-order chi connectivity index (χ1) is 9.97. The third-order valence-corrected chi connectivity index (χ3v) is 4.13. The zero-order valence-corrected chi connectivity index (χ0v) is 13.7. The van der Waals surface area contributed by atoms with Gasteiger partial charge in [0.05, 0.1) is 11.8 Å². The van der Waals surface area contributed by atoms with Crippen molar-refractivity contribution in [2.24, 2.45) is 0 Å². The Morgan fingerprint density at radius 3 is 2.76 bits per heavy atom. The summed E-state index contributed by atoms with van der Waals surface area (Å²) in [5, 5.41) is 3.05. The molecule has 0 amide bonds. The molecule has 0 aromatic carbocycles. The zero-order chi connectivity index (χ0) is 15.7. The number of hydrogen-bond acceptors (Lipinski definition) is 5. The van der Waals surface area contributed by atoms with Gasteiger partial charge in [0.25, 0.3) is 10.0 Å². The molecule has 0 radical (unpaired) electrons. The fraction of sp³-hybridized carbons (Fsp3) is 0.643. The lowest BCUT2D eigenvalue weighted by atomic mass is 10.3. The third kappa shape index (κ3) is 6.41. The minimum atomic E-state index is -3.58. The van der Waals surface area contributed by atoms with Gasteiger partial charge in [0.15, 0.2) is 5.03 Å². The van der Waals surface area contributed by atoms with Crippen molar-refractivity contribution in [3.8, 4) is 0 Å². The van der Waals surface area contributed by atoms with Crippen LogP contribution in [0.4, 0.5) is 5.69 Å². The molecule has 0 fully saturated rings. The minimum absolute atomic E-state index is 0.0466. The van der Waals surface area contributed by atoms with Crippen molar-refractivity contribution in [2.45, 2.75) is 44.7 Å². The van der Waals surface area contributed by atoms with Gasteiger partial charge in [-0.3, -0.25) is 0 Å². The Morgan fingerprint density at radius 2 is 2.10 bits per heavy atom. The summed E-state index contributed by atoms with van der Waals surface area (Å²) in [4.78, 5) is 3.97. The van der Waals surface area contributed by atoms with Crippen LogP contribution in [0, 0.1) is 0 Å². The largest absolute Gasteiger partial charge is 0.383 e. The predicted molar refractivity (Wildman–Crippen MR) is 83.9 cm³/mol. The number of hydrogen-bond donors (Lipinski definition) is 2. The molecular weight excluding hydrogens is 290 g/mol. The van der Waals surface area contributed by atoms with Crippen molar-refractivity contribution >= 4 is 15.7 Å². The molecule has 1 rings (SSSR count). The van der Waals surface area contributed by atoms with Crippen LogP contribution >= 0.6 is 0 Å². The lowest BCUT2D eigenvalue weighted by Gasteiger charge is -2.11. The molecule has 1 aromatic heterocycles. The first kappa shape index (κ1) is 17.9. The van der Waals surface area contributed by atoms with E-state index in [0.29, 0.717) is 25.4 Å². The summed E-state index contributed by atoms with van der Waals surface area (Å²) in [7, 11) is -3.58. The second-order valence-electron chi connectivity index (χ2n) is 4.91. The van der Waals surface area contributed by atoms with Crippen molar-refractivity contribution in [3.63, 3.8) is 0 Å². The maximum atomic E-state index is 12.2. The van der Waals surface area contributed by atoms with E-state index in [4.69, 9.17) is 4.74 Å². The van der Waals surface area contributed by atoms with Crippen LogP contribution in [0.25, 0.3) is 0 Å². The van der Waals surface area contributed by atoms with Gasteiger partial charge < -0.3 is 10.1 Å². The normalized spacial score (nSPS) is 11.8. The van der Waals surface area contributed by atoms with Crippen molar-refractivity contribution in [1.82, 2.24) is 9.71 Å². The van der Waals surface area contributed by atoms with Gasteiger partial charge in [0.1, 0.15) is 0 Å². The number of unbranched alkanes of at least 4 members (excludes halogenated alkanes) is 1. The Hall–Kier alpha value is -1.18. The second-order valence-corrected chi connectivity index (χ2v) is 6.59. The molecule has 7 heteroatoms. The quantitative estimate of drug-likeness (QED) is 0.646. The van der Waals surface area contributed by atoms with Crippen molar-refractivity contribution in [3.05, 3.63) is 18.3 Å². The number of ether oxygens (including phenoxy) is 1. The monoisotopic (exact) mass is 315 g/mol. The van der Waals surface area contributed by atoms with E-state index in [9.17, 15) is 8.42 Å². The average molecular weight is 315 g/mol. The van der Waals surface area contributed by atoms with Crippen LogP contribution in [0.1, 0.15) is 33.6 Å². The van der Waals surface area contributed by atoms with Gasteiger partial charge in [-0.25, -0.2) is 18.1 Å². The van der Waals surface area contributed by atoms with Gasteiger partial charge >= 0.3 is 0 Å². The Kier molecular flexibility index (Phi) is 7.63. The van der Waals surface area contributed by atoms with E-state index in [0.717, 1.165) is 12.8 Å². The molecule has 2 N–H and O–H groups in total. The molecule has 0 aliphatic heterocycles. The molecule has 0 bridgehead atoms. The summed E-state index contributed by atoms with van der Waals surface area (Å²) in [6, 6.07) is 3.42.